The third-order valence-corrected chi connectivity index (χ3v) is 10.9. The maximum Gasteiger partial charge on any atom is 0.316 e. The Morgan fingerprint density at radius 2 is 1.35 bits per heavy atom. The zero-order chi connectivity index (χ0) is 32.7. The van der Waals surface area contributed by atoms with Crippen LogP contribution in [0.25, 0.3) is 0 Å². The zero-order valence-electron chi connectivity index (χ0n) is 26.3. The molecule has 3 aromatic carbocycles. The van der Waals surface area contributed by atoms with Crippen LogP contribution >= 0.6 is 11.8 Å². The molecular weight excluding hydrogens is 623 g/mol. The van der Waals surface area contributed by atoms with E-state index in [2.05, 4.69) is 0 Å². The number of hydrogen-bond acceptors (Lipinski definition) is 8. The molecule has 8 nitrogen and oxygen atoms in total. The molecule has 1 unspecified atom stereocenters. The molecule has 4 bridgehead atoms. The van der Waals surface area contributed by atoms with Crippen molar-refractivity contribution < 1.29 is 32.3 Å². The molecule has 10 heteroatoms. The van der Waals surface area contributed by atoms with Gasteiger partial charge in [-0.1, -0.05) is 36.4 Å². The molecule has 248 valence electrons. The Hall–Kier alpha value is -3.21. The normalized spacial score (nSPS) is 23.7. The number of ether oxygens (including phenoxy) is 1. The third kappa shape index (κ3) is 10.4. The number of rotatable bonds is 13. The number of aromatic hydroxyl groups is 1. The van der Waals surface area contributed by atoms with Gasteiger partial charge in [0, 0.05) is 12.0 Å². The molecule has 3 aromatic rings. The molecule has 4 fully saturated rings. The number of phenols is 1. The van der Waals surface area contributed by atoms with Crippen molar-refractivity contribution in [1.82, 2.24) is 0 Å². The Bertz CT molecular complexity index is 1510. The summed E-state index contributed by atoms with van der Waals surface area (Å²) in [6.07, 6.45) is 11.4. The molecule has 7 rings (SSSR count). The van der Waals surface area contributed by atoms with E-state index in [0.717, 1.165) is 47.1 Å². The highest BCUT2D eigenvalue weighted by Gasteiger charge is 2.48. The van der Waals surface area contributed by atoms with E-state index in [1.165, 1.54) is 62.4 Å². The van der Waals surface area contributed by atoms with E-state index in [1.807, 2.05) is 36.4 Å². The van der Waals surface area contributed by atoms with Crippen molar-refractivity contribution in [2.45, 2.75) is 68.6 Å². The van der Waals surface area contributed by atoms with Gasteiger partial charge >= 0.3 is 16.1 Å². The van der Waals surface area contributed by atoms with Gasteiger partial charge in [-0.3, -0.25) is 4.79 Å². The lowest BCUT2D eigenvalue weighted by Gasteiger charge is -2.55. The molecular formula is C36H45NO7S2. The van der Waals surface area contributed by atoms with Gasteiger partial charge in [-0.15, -0.1) is 11.8 Å². The van der Waals surface area contributed by atoms with Gasteiger partial charge in [-0.25, -0.2) is 0 Å². The van der Waals surface area contributed by atoms with Gasteiger partial charge in [0.05, 0.1) is 12.9 Å². The maximum atomic E-state index is 11.7. The van der Waals surface area contributed by atoms with Crippen molar-refractivity contribution in [2.75, 3.05) is 18.6 Å². The molecule has 1 atom stereocenters. The number of hydrogen-bond donors (Lipinski definition) is 3. The maximum absolute atomic E-state index is 11.7. The summed E-state index contributed by atoms with van der Waals surface area (Å²) in [4.78, 5) is 11.7. The molecule has 46 heavy (non-hydrogen) atoms. The lowest BCUT2D eigenvalue weighted by atomic mass is 9.53. The van der Waals surface area contributed by atoms with Crippen molar-refractivity contribution in [1.29, 1.82) is 0 Å². The number of carboxylic acid groups (broad SMARTS) is 1. The predicted molar refractivity (Wildman–Crippen MR) is 182 cm³/mol. The Morgan fingerprint density at radius 1 is 0.848 bits per heavy atom. The standard InChI is InChI=1S/C26H28O7S2.C10H17N/c1-35(30,31)33-24-12-10-23(11-13-24)32-16-14-19-2-4-21(5-3-19)18-25(26(28)29)34-17-15-20-6-8-22(27)9-7-20;11-10-4-7-1-8(5-10)3-9(2-7)6-10/h2-13,25,27H,14-18H2,1H3,(H,28,29);7-9H,1-6,11H2. The first-order valence-electron chi connectivity index (χ1n) is 16.0. The number of aryl methyl sites for hydroxylation is 1. The highest BCUT2D eigenvalue weighted by Crippen LogP contribution is 2.54. The molecule has 4 aliphatic rings. The minimum Gasteiger partial charge on any atom is -0.508 e. The summed E-state index contributed by atoms with van der Waals surface area (Å²) in [6, 6.07) is 21.2. The molecule has 0 radical (unpaired) electrons. The summed E-state index contributed by atoms with van der Waals surface area (Å²) < 4.78 is 32.8. The van der Waals surface area contributed by atoms with Crippen LogP contribution in [0.15, 0.2) is 72.8 Å². The van der Waals surface area contributed by atoms with E-state index in [1.54, 1.807) is 24.3 Å². The Labute approximate surface area is 276 Å². The topological polar surface area (TPSA) is 136 Å². The first-order chi connectivity index (χ1) is 21.9. The van der Waals surface area contributed by atoms with E-state index in [4.69, 9.17) is 14.7 Å². The average Bonchev–Trinajstić information content (AvgIpc) is 2.98. The van der Waals surface area contributed by atoms with Gasteiger partial charge in [-0.2, -0.15) is 8.42 Å². The number of nitrogens with two attached hydrogens (primary N) is 1. The average molecular weight is 668 g/mol. The second-order valence-electron chi connectivity index (χ2n) is 13.3. The summed E-state index contributed by atoms with van der Waals surface area (Å²) >= 11 is 1.42. The second kappa shape index (κ2) is 15.1. The first-order valence-corrected chi connectivity index (χ1v) is 18.9. The highest BCUT2D eigenvalue weighted by atomic mass is 32.2. The molecule has 4 N–H and O–H groups in total. The van der Waals surface area contributed by atoms with Crippen molar-refractivity contribution in [3.63, 3.8) is 0 Å². The minimum atomic E-state index is -3.56. The number of phenolic OH excluding ortho intramolecular Hbond substituents is 1. The lowest BCUT2D eigenvalue weighted by molar-refractivity contribution is -0.136. The monoisotopic (exact) mass is 667 g/mol. The predicted octanol–water partition coefficient (Wildman–Crippen LogP) is 6.24. The molecule has 0 aromatic heterocycles. The Kier molecular flexibility index (Phi) is 11.2. The molecule has 4 aliphatic carbocycles. The van der Waals surface area contributed by atoms with Crippen LogP contribution in [0.4, 0.5) is 0 Å². The minimum absolute atomic E-state index is 0.218. The molecule has 0 spiro atoms. The van der Waals surface area contributed by atoms with Crippen molar-refractivity contribution >= 4 is 27.8 Å². The fourth-order valence-corrected chi connectivity index (χ4v) is 9.04. The van der Waals surface area contributed by atoms with Gasteiger partial charge in [0.25, 0.3) is 0 Å². The summed E-state index contributed by atoms with van der Waals surface area (Å²) in [6.45, 7) is 0.441. The van der Waals surface area contributed by atoms with Crippen LogP contribution in [-0.2, 0) is 34.2 Å². The van der Waals surface area contributed by atoms with E-state index < -0.39 is 21.3 Å². The van der Waals surface area contributed by atoms with Crippen LogP contribution < -0.4 is 14.7 Å². The summed E-state index contributed by atoms with van der Waals surface area (Å²) in [5.74, 6) is 3.97. The van der Waals surface area contributed by atoms with Gasteiger partial charge < -0.3 is 24.9 Å². The van der Waals surface area contributed by atoms with E-state index in [9.17, 15) is 23.4 Å². The van der Waals surface area contributed by atoms with Gasteiger partial charge in [0.15, 0.2) is 0 Å². The first kappa shape index (κ1) is 34.1. The second-order valence-corrected chi connectivity index (χ2v) is 16.2. The number of benzene rings is 3. The molecule has 0 aliphatic heterocycles. The van der Waals surface area contributed by atoms with E-state index >= 15 is 0 Å². The number of carbonyl (C=O) groups is 1. The molecule has 4 saturated carbocycles. The number of thioether (sulfide) groups is 1. The van der Waals surface area contributed by atoms with Crippen LogP contribution in [0.3, 0.4) is 0 Å². The van der Waals surface area contributed by atoms with Crippen LogP contribution in [0.1, 0.15) is 55.2 Å². The lowest BCUT2D eigenvalue weighted by Crippen LogP contribution is -2.55. The smallest absolute Gasteiger partial charge is 0.316 e. The van der Waals surface area contributed by atoms with Crippen molar-refractivity contribution in [2.24, 2.45) is 23.5 Å². The summed E-state index contributed by atoms with van der Waals surface area (Å²) in [5, 5.41) is 18.4. The van der Waals surface area contributed by atoms with Crippen LogP contribution in [-0.4, -0.2) is 54.0 Å². The Balaban J connectivity index is 0.000000311. The SMILES string of the molecule is CS(=O)(=O)Oc1ccc(OCCc2ccc(CC(SCCc3ccc(O)cc3)C(=O)O)cc2)cc1.NC12CC3CC(CC(C3)C1)C2. The van der Waals surface area contributed by atoms with Crippen molar-refractivity contribution in [3.8, 4) is 17.2 Å². The zero-order valence-corrected chi connectivity index (χ0v) is 28.0. The third-order valence-electron chi connectivity index (χ3n) is 9.18. The van der Waals surface area contributed by atoms with Crippen LogP contribution in [0.2, 0.25) is 0 Å². The van der Waals surface area contributed by atoms with Gasteiger partial charge in [0.2, 0.25) is 0 Å². The van der Waals surface area contributed by atoms with E-state index in [0.29, 0.717) is 36.5 Å². The fraction of sp³-hybridized carbons (Fsp3) is 0.472. The largest absolute Gasteiger partial charge is 0.508 e. The molecule has 0 amide bonds. The number of carboxylic acids is 1. The highest BCUT2D eigenvalue weighted by molar-refractivity contribution is 8.00. The van der Waals surface area contributed by atoms with Crippen LogP contribution in [0, 0.1) is 17.8 Å². The Morgan fingerprint density at radius 3 is 1.87 bits per heavy atom. The van der Waals surface area contributed by atoms with Gasteiger partial charge in [-0.05, 0) is 128 Å². The van der Waals surface area contributed by atoms with E-state index in [-0.39, 0.29) is 11.5 Å². The van der Waals surface area contributed by atoms with Crippen LogP contribution in [0.5, 0.6) is 17.2 Å². The summed E-state index contributed by atoms with van der Waals surface area (Å²) in [5.41, 5.74) is 9.71. The molecule has 0 heterocycles. The number of aliphatic carboxylic acids is 1. The fourth-order valence-electron chi connectivity index (χ4n) is 7.49. The van der Waals surface area contributed by atoms with Gasteiger partial charge in [0.1, 0.15) is 22.5 Å². The quantitative estimate of drug-likeness (QED) is 0.181. The van der Waals surface area contributed by atoms with Crippen molar-refractivity contribution in [3.05, 3.63) is 89.5 Å². The summed E-state index contributed by atoms with van der Waals surface area (Å²) in [7, 11) is -3.56. The molecule has 0 saturated heterocycles.